The predicted molar refractivity (Wildman–Crippen MR) is 75.5 cm³/mol. The SMILES string of the molecule is CCC1CCCCC1=O.CCC1CCCCC1O. The lowest BCUT2D eigenvalue weighted by Crippen LogP contribution is -2.23. The summed E-state index contributed by atoms with van der Waals surface area (Å²) in [6.07, 6.45) is 11.5. The Kier molecular flexibility index (Phi) is 7.57. The monoisotopic (exact) mass is 254 g/mol. The molecule has 0 aromatic rings. The van der Waals surface area contributed by atoms with Crippen molar-refractivity contribution < 1.29 is 9.90 Å². The summed E-state index contributed by atoms with van der Waals surface area (Å²) < 4.78 is 0. The lowest BCUT2D eigenvalue weighted by molar-refractivity contribution is -0.124. The first-order valence-electron chi connectivity index (χ1n) is 7.89. The van der Waals surface area contributed by atoms with Gasteiger partial charge in [-0.3, -0.25) is 4.79 Å². The lowest BCUT2D eigenvalue weighted by atomic mass is 9.85. The third kappa shape index (κ3) is 5.09. The molecule has 0 aliphatic heterocycles. The third-order valence-corrected chi connectivity index (χ3v) is 4.57. The minimum atomic E-state index is 0.0174. The van der Waals surface area contributed by atoms with Crippen LogP contribution in [-0.4, -0.2) is 17.0 Å². The number of ketones is 1. The zero-order valence-electron chi connectivity index (χ0n) is 12.2. The van der Waals surface area contributed by atoms with Crippen molar-refractivity contribution in [2.75, 3.05) is 0 Å². The molecule has 106 valence electrons. The Labute approximate surface area is 112 Å². The van der Waals surface area contributed by atoms with Crippen molar-refractivity contribution in [3.05, 3.63) is 0 Å². The van der Waals surface area contributed by atoms with Gasteiger partial charge in [0.15, 0.2) is 0 Å². The number of hydrogen-bond donors (Lipinski definition) is 1. The molecule has 0 aromatic heterocycles. The van der Waals surface area contributed by atoms with Crippen LogP contribution in [0.5, 0.6) is 0 Å². The lowest BCUT2D eigenvalue weighted by Gasteiger charge is -2.25. The number of carbonyl (C=O) groups is 1. The van der Waals surface area contributed by atoms with Gasteiger partial charge < -0.3 is 5.11 Å². The van der Waals surface area contributed by atoms with Crippen LogP contribution in [0.25, 0.3) is 0 Å². The molecular weight excluding hydrogens is 224 g/mol. The molecule has 2 heteroatoms. The summed E-state index contributed by atoms with van der Waals surface area (Å²) in [5.74, 6) is 1.53. The molecule has 1 N–H and O–H groups in total. The van der Waals surface area contributed by atoms with Gasteiger partial charge in [0.25, 0.3) is 0 Å². The van der Waals surface area contributed by atoms with Crippen molar-refractivity contribution in [3.63, 3.8) is 0 Å². The van der Waals surface area contributed by atoms with Crippen LogP contribution < -0.4 is 0 Å². The minimum Gasteiger partial charge on any atom is -0.393 e. The minimum absolute atomic E-state index is 0.0174. The number of carbonyl (C=O) groups excluding carboxylic acids is 1. The molecule has 2 nitrogen and oxygen atoms in total. The zero-order valence-corrected chi connectivity index (χ0v) is 12.2. The molecule has 2 fully saturated rings. The summed E-state index contributed by atoms with van der Waals surface area (Å²) in [4.78, 5) is 11.0. The van der Waals surface area contributed by atoms with E-state index in [-0.39, 0.29) is 6.10 Å². The molecule has 18 heavy (non-hydrogen) atoms. The molecule has 0 aromatic carbocycles. The molecule has 2 rings (SSSR count). The maximum atomic E-state index is 11.0. The average molecular weight is 254 g/mol. The highest BCUT2D eigenvalue weighted by atomic mass is 16.3. The summed E-state index contributed by atoms with van der Waals surface area (Å²) in [7, 11) is 0. The third-order valence-electron chi connectivity index (χ3n) is 4.57. The number of aliphatic hydroxyl groups excluding tert-OH is 1. The van der Waals surface area contributed by atoms with Gasteiger partial charge >= 0.3 is 0 Å². The number of hydrogen-bond acceptors (Lipinski definition) is 2. The van der Waals surface area contributed by atoms with E-state index in [1.54, 1.807) is 0 Å². The molecule has 2 aliphatic rings. The fourth-order valence-corrected chi connectivity index (χ4v) is 3.15. The number of rotatable bonds is 2. The Morgan fingerprint density at radius 2 is 1.67 bits per heavy atom. The van der Waals surface area contributed by atoms with Crippen LogP contribution >= 0.6 is 0 Å². The van der Waals surface area contributed by atoms with Crippen molar-refractivity contribution >= 4 is 5.78 Å². The summed E-state index contributed by atoms with van der Waals surface area (Å²) in [5, 5.41) is 9.37. The Hall–Kier alpha value is -0.370. The number of Topliss-reactive ketones (excluding diaryl/α,β-unsaturated/α-hetero) is 1. The molecule has 3 atom stereocenters. The van der Waals surface area contributed by atoms with E-state index in [1.165, 1.54) is 25.7 Å². The van der Waals surface area contributed by atoms with Crippen LogP contribution in [0, 0.1) is 11.8 Å². The van der Waals surface area contributed by atoms with Crippen LogP contribution in [-0.2, 0) is 4.79 Å². The maximum absolute atomic E-state index is 11.0. The van der Waals surface area contributed by atoms with Crippen molar-refractivity contribution in [3.8, 4) is 0 Å². The van der Waals surface area contributed by atoms with Gasteiger partial charge in [-0.05, 0) is 38.0 Å². The van der Waals surface area contributed by atoms with Gasteiger partial charge in [-0.15, -0.1) is 0 Å². The molecule has 0 heterocycles. The first kappa shape index (κ1) is 15.7. The topological polar surface area (TPSA) is 37.3 Å². The summed E-state index contributed by atoms with van der Waals surface area (Å²) >= 11 is 0. The smallest absolute Gasteiger partial charge is 0.135 e. The molecule has 2 aliphatic carbocycles. The molecule has 0 saturated heterocycles. The molecule has 3 unspecified atom stereocenters. The van der Waals surface area contributed by atoms with E-state index in [0.29, 0.717) is 17.6 Å². The van der Waals surface area contributed by atoms with E-state index >= 15 is 0 Å². The largest absolute Gasteiger partial charge is 0.393 e. The highest BCUT2D eigenvalue weighted by Crippen LogP contribution is 2.26. The quantitative estimate of drug-likeness (QED) is 0.805. The van der Waals surface area contributed by atoms with Gasteiger partial charge in [-0.1, -0.05) is 39.5 Å². The Bertz CT molecular complexity index is 237. The highest BCUT2D eigenvalue weighted by molar-refractivity contribution is 5.81. The maximum Gasteiger partial charge on any atom is 0.135 e. The van der Waals surface area contributed by atoms with Crippen molar-refractivity contribution in [1.82, 2.24) is 0 Å². The first-order chi connectivity index (χ1) is 8.69. The van der Waals surface area contributed by atoms with E-state index in [9.17, 15) is 9.90 Å². The second-order valence-corrected chi connectivity index (χ2v) is 5.84. The van der Waals surface area contributed by atoms with Crippen molar-refractivity contribution in [2.45, 2.75) is 84.2 Å². The van der Waals surface area contributed by atoms with Gasteiger partial charge in [0.2, 0.25) is 0 Å². The molecule has 0 amide bonds. The first-order valence-corrected chi connectivity index (χ1v) is 7.89. The normalized spacial score (nSPS) is 32.6. The van der Waals surface area contributed by atoms with Crippen molar-refractivity contribution in [2.24, 2.45) is 11.8 Å². The summed E-state index contributed by atoms with van der Waals surface area (Å²) in [6, 6.07) is 0. The van der Waals surface area contributed by atoms with Crippen LogP contribution in [0.1, 0.15) is 78.1 Å². The summed E-state index contributed by atoms with van der Waals surface area (Å²) in [5.41, 5.74) is 0. The van der Waals surface area contributed by atoms with Crippen molar-refractivity contribution in [1.29, 1.82) is 0 Å². The standard InChI is InChI=1S/C8H16O.C8H14O/c2*1-2-7-5-3-4-6-8(7)9/h7-9H,2-6H2,1H3;7H,2-6H2,1H3. The van der Waals surface area contributed by atoms with E-state index in [0.717, 1.165) is 38.5 Å². The van der Waals surface area contributed by atoms with Gasteiger partial charge in [-0.2, -0.15) is 0 Å². The molecule has 0 bridgehead atoms. The van der Waals surface area contributed by atoms with Gasteiger partial charge in [0.05, 0.1) is 6.10 Å². The fourth-order valence-electron chi connectivity index (χ4n) is 3.15. The van der Waals surface area contributed by atoms with Crippen LogP contribution in [0.3, 0.4) is 0 Å². The second kappa shape index (κ2) is 8.68. The van der Waals surface area contributed by atoms with Gasteiger partial charge in [-0.25, -0.2) is 0 Å². The molecule has 2 saturated carbocycles. The molecule has 0 spiro atoms. The molecular formula is C16H30O2. The summed E-state index contributed by atoms with van der Waals surface area (Å²) in [6.45, 7) is 4.27. The fraction of sp³-hybridized carbons (Fsp3) is 0.938. The van der Waals surface area contributed by atoms with E-state index in [4.69, 9.17) is 0 Å². The van der Waals surface area contributed by atoms with E-state index in [2.05, 4.69) is 13.8 Å². The zero-order chi connectivity index (χ0) is 13.4. The predicted octanol–water partition coefficient (Wildman–Crippen LogP) is 4.10. The van der Waals surface area contributed by atoms with E-state index in [1.807, 2.05) is 0 Å². The van der Waals surface area contributed by atoms with Crippen LogP contribution in [0.15, 0.2) is 0 Å². The Balaban J connectivity index is 0.000000180. The van der Waals surface area contributed by atoms with Gasteiger partial charge in [0, 0.05) is 12.3 Å². The highest BCUT2D eigenvalue weighted by Gasteiger charge is 2.20. The Morgan fingerprint density at radius 3 is 2.11 bits per heavy atom. The van der Waals surface area contributed by atoms with Crippen LogP contribution in [0.2, 0.25) is 0 Å². The average Bonchev–Trinajstić information content (AvgIpc) is 2.41. The number of aliphatic hydroxyl groups is 1. The second-order valence-electron chi connectivity index (χ2n) is 5.84. The van der Waals surface area contributed by atoms with E-state index < -0.39 is 0 Å². The van der Waals surface area contributed by atoms with Crippen LogP contribution in [0.4, 0.5) is 0 Å². The Morgan fingerprint density at radius 1 is 1.00 bits per heavy atom. The molecule has 0 radical (unpaired) electrons. The van der Waals surface area contributed by atoms with Gasteiger partial charge in [0.1, 0.15) is 5.78 Å².